The Labute approximate surface area is 130 Å². The molecule has 1 aliphatic rings. The van der Waals surface area contributed by atoms with E-state index in [0.29, 0.717) is 18.7 Å². The number of piperidine rings is 1. The molecule has 1 N–H and O–H groups in total. The Hall–Kier alpha value is -1.46. The maximum absolute atomic E-state index is 14.1. The number of carbonyl (C=O) groups is 1. The van der Waals surface area contributed by atoms with Crippen LogP contribution in [0.3, 0.4) is 0 Å². The second-order valence-corrected chi connectivity index (χ2v) is 5.99. The number of hydrogen-bond donors (Lipinski definition) is 1. The highest BCUT2D eigenvalue weighted by atomic mass is 19.1. The van der Waals surface area contributed by atoms with Crippen LogP contribution in [0.2, 0.25) is 0 Å². The fourth-order valence-electron chi connectivity index (χ4n) is 3.16. The number of likely N-dealkylation sites (tertiary alicyclic amines) is 1. The molecule has 4 nitrogen and oxygen atoms in total. The van der Waals surface area contributed by atoms with Gasteiger partial charge in [-0.25, -0.2) is 9.18 Å². The van der Waals surface area contributed by atoms with Crippen molar-refractivity contribution in [3.63, 3.8) is 0 Å². The SMILES string of the molecule is CCC1(CO)CCN(C(C(=O)OC)c2ccccc2F)CC1. The van der Waals surface area contributed by atoms with Crippen LogP contribution in [-0.2, 0) is 9.53 Å². The lowest BCUT2D eigenvalue weighted by Gasteiger charge is -2.42. The second-order valence-electron chi connectivity index (χ2n) is 5.99. The Morgan fingerprint density at radius 3 is 2.55 bits per heavy atom. The van der Waals surface area contributed by atoms with Crippen molar-refractivity contribution in [1.82, 2.24) is 4.90 Å². The molecule has 1 aromatic carbocycles. The van der Waals surface area contributed by atoms with E-state index in [1.54, 1.807) is 18.2 Å². The zero-order valence-electron chi connectivity index (χ0n) is 13.2. The van der Waals surface area contributed by atoms with Gasteiger partial charge in [0, 0.05) is 12.2 Å². The zero-order valence-corrected chi connectivity index (χ0v) is 13.2. The summed E-state index contributed by atoms with van der Waals surface area (Å²) in [6.45, 7) is 3.51. The molecule has 2 rings (SSSR count). The van der Waals surface area contributed by atoms with Crippen LogP contribution in [0, 0.1) is 11.2 Å². The summed E-state index contributed by atoms with van der Waals surface area (Å²) in [7, 11) is 1.32. The van der Waals surface area contributed by atoms with Gasteiger partial charge in [-0.05, 0) is 43.8 Å². The number of nitrogens with zero attached hydrogens (tertiary/aromatic N) is 1. The van der Waals surface area contributed by atoms with Gasteiger partial charge in [0.15, 0.2) is 0 Å². The molecule has 1 aliphatic heterocycles. The van der Waals surface area contributed by atoms with Crippen LogP contribution < -0.4 is 0 Å². The van der Waals surface area contributed by atoms with Gasteiger partial charge >= 0.3 is 5.97 Å². The monoisotopic (exact) mass is 309 g/mol. The van der Waals surface area contributed by atoms with Crippen molar-refractivity contribution in [2.24, 2.45) is 5.41 Å². The minimum absolute atomic E-state index is 0.0770. The summed E-state index contributed by atoms with van der Waals surface area (Å²) in [5.74, 6) is -0.842. The van der Waals surface area contributed by atoms with Gasteiger partial charge < -0.3 is 9.84 Å². The largest absolute Gasteiger partial charge is 0.468 e. The van der Waals surface area contributed by atoms with E-state index in [0.717, 1.165) is 19.3 Å². The molecule has 0 spiro atoms. The highest BCUT2D eigenvalue weighted by molar-refractivity contribution is 5.77. The minimum Gasteiger partial charge on any atom is -0.468 e. The van der Waals surface area contributed by atoms with Gasteiger partial charge in [-0.1, -0.05) is 25.1 Å². The van der Waals surface area contributed by atoms with Crippen molar-refractivity contribution < 1.29 is 19.0 Å². The van der Waals surface area contributed by atoms with Crippen LogP contribution in [-0.4, -0.2) is 42.8 Å². The van der Waals surface area contributed by atoms with Crippen LogP contribution in [0.1, 0.15) is 37.8 Å². The quantitative estimate of drug-likeness (QED) is 0.849. The molecule has 0 saturated carbocycles. The highest BCUT2D eigenvalue weighted by Gasteiger charge is 2.38. The maximum Gasteiger partial charge on any atom is 0.327 e. The van der Waals surface area contributed by atoms with Crippen LogP contribution in [0.15, 0.2) is 24.3 Å². The molecule has 1 heterocycles. The van der Waals surface area contributed by atoms with Crippen LogP contribution in [0.5, 0.6) is 0 Å². The summed E-state index contributed by atoms with van der Waals surface area (Å²) in [4.78, 5) is 14.1. The second kappa shape index (κ2) is 7.20. The molecule has 0 amide bonds. The van der Waals surface area contributed by atoms with Gasteiger partial charge in [-0.2, -0.15) is 0 Å². The van der Waals surface area contributed by atoms with Crippen molar-refractivity contribution in [3.8, 4) is 0 Å². The molecule has 1 aromatic rings. The van der Waals surface area contributed by atoms with E-state index >= 15 is 0 Å². The Balaban J connectivity index is 2.22. The predicted molar refractivity (Wildman–Crippen MR) is 81.8 cm³/mol. The molecule has 1 saturated heterocycles. The Bertz CT molecular complexity index is 506. The van der Waals surface area contributed by atoms with E-state index in [4.69, 9.17) is 4.74 Å². The lowest BCUT2D eigenvalue weighted by atomic mass is 9.76. The topological polar surface area (TPSA) is 49.8 Å². The summed E-state index contributed by atoms with van der Waals surface area (Å²) in [5.41, 5.74) is 0.272. The van der Waals surface area contributed by atoms with E-state index in [9.17, 15) is 14.3 Å². The third kappa shape index (κ3) is 3.31. The lowest BCUT2D eigenvalue weighted by molar-refractivity contribution is -0.148. The third-order valence-corrected chi connectivity index (χ3v) is 4.93. The van der Waals surface area contributed by atoms with Gasteiger partial charge in [0.1, 0.15) is 11.9 Å². The van der Waals surface area contributed by atoms with Crippen molar-refractivity contribution >= 4 is 5.97 Å². The van der Waals surface area contributed by atoms with Gasteiger partial charge in [-0.3, -0.25) is 4.90 Å². The third-order valence-electron chi connectivity index (χ3n) is 4.93. The van der Waals surface area contributed by atoms with E-state index in [-0.39, 0.29) is 12.0 Å². The van der Waals surface area contributed by atoms with Gasteiger partial charge in [0.2, 0.25) is 0 Å². The molecule has 22 heavy (non-hydrogen) atoms. The molecule has 0 aromatic heterocycles. The highest BCUT2D eigenvalue weighted by Crippen LogP contribution is 2.37. The van der Waals surface area contributed by atoms with E-state index in [2.05, 4.69) is 6.92 Å². The van der Waals surface area contributed by atoms with Gasteiger partial charge in [-0.15, -0.1) is 0 Å². The number of methoxy groups -OCH3 is 1. The van der Waals surface area contributed by atoms with Crippen LogP contribution in [0.25, 0.3) is 0 Å². The zero-order chi connectivity index (χ0) is 16.2. The summed E-state index contributed by atoms with van der Waals surface area (Å²) in [6.07, 6.45) is 2.49. The fourth-order valence-corrected chi connectivity index (χ4v) is 3.16. The Morgan fingerprint density at radius 2 is 2.05 bits per heavy atom. The molecule has 1 atom stereocenters. The number of benzene rings is 1. The molecule has 1 fully saturated rings. The number of aliphatic hydroxyl groups is 1. The number of rotatable bonds is 5. The molecule has 0 radical (unpaired) electrons. The normalized spacial score (nSPS) is 19.6. The van der Waals surface area contributed by atoms with Crippen LogP contribution in [0.4, 0.5) is 4.39 Å². The number of carbonyl (C=O) groups excluding carboxylic acids is 1. The van der Waals surface area contributed by atoms with Gasteiger partial charge in [0.25, 0.3) is 0 Å². The fraction of sp³-hybridized carbons (Fsp3) is 0.588. The molecule has 5 heteroatoms. The lowest BCUT2D eigenvalue weighted by Crippen LogP contribution is -2.45. The van der Waals surface area contributed by atoms with Crippen molar-refractivity contribution in [3.05, 3.63) is 35.6 Å². The average molecular weight is 309 g/mol. The molecule has 0 bridgehead atoms. The van der Waals surface area contributed by atoms with E-state index < -0.39 is 17.8 Å². The first-order valence-corrected chi connectivity index (χ1v) is 7.74. The number of esters is 1. The molecule has 1 unspecified atom stereocenters. The first-order chi connectivity index (χ1) is 10.6. The molecule has 122 valence electrons. The van der Waals surface area contributed by atoms with Gasteiger partial charge in [0.05, 0.1) is 7.11 Å². The first kappa shape index (κ1) is 16.9. The Morgan fingerprint density at radius 1 is 1.41 bits per heavy atom. The van der Waals surface area contributed by atoms with Crippen molar-refractivity contribution in [2.75, 3.05) is 26.8 Å². The summed E-state index contributed by atoms with van der Waals surface area (Å²) < 4.78 is 19.0. The summed E-state index contributed by atoms with van der Waals surface area (Å²) in [6, 6.07) is 5.60. The van der Waals surface area contributed by atoms with E-state index in [1.807, 2.05) is 4.90 Å². The summed E-state index contributed by atoms with van der Waals surface area (Å²) >= 11 is 0. The number of aliphatic hydroxyl groups excluding tert-OH is 1. The van der Waals surface area contributed by atoms with Crippen molar-refractivity contribution in [2.45, 2.75) is 32.2 Å². The predicted octanol–water partition coefficient (Wildman–Crippen LogP) is 2.52. The molecular weight excluding hydrogens is 285 g/mol. The smallest absolute Gasteiger partial charge is 0.327 e. The minimum atomic E-state index is -0.722. The maximum atomic E-state index is 14.1. The van der Waals surface area contributed by atoms with Crippen LogP contribution >= 0.6 is 0 Å². The summed E-state index contributed by atoms with van der Waals surface area (Å²) in [5, 5.41) is 9.61. The Kier molecular flexibility index (Phi) is 5.53. The molecular formula is C17H24FNO3. The van der Waals surface area contributed by atoms with E-state index in [1.165, 1.54) is 13.2 Å². The number of ether oxygens (including phenoxy) is 1. The molecule has 0 aliphatic carbocycles. The first-order valence-electron chi connectivity index (χ1n) is 7.74. The standard InChI is InChI=1S/C17H24FNO3/c1-3-17(12-20)8-10-19(11-9-17)15(16(21)22-2)13-6-4-5-7-14(13)18/h4-7,15,20H,3,8-12H2,1-2H3. The number of hydrogen-bond acceptors (Lipinski definition) is 4. The average Bonchev–Trinajstić information content (AvgIpc) is 2.57. The number of halogens is 1. The van der Waals surface area contributed by atoms with Crippen molar-refractivity contribution in [1.29, 1.82) is 0 Å².